The van der Waals surface area contributed by atoms with Gasteiger partial charge < -0.3 is 10.2 Å². The molecule has 0 bridgehead atoms. The van der Waals surface area contributed by atoms with E-state index in [4.69, 9.17) is 0 Å². The molecule has 2 nitrogen and oxygen atoms in total. The van der Waals surface area contributed by atoms with Crippen LogP contribution in [0.15, 0.2) is 0 Å². The first-order valence-corrected chi connectivity index (χ1v) is 4.82. The molecule has 0 aromatic carbocycles. The van der Waals surface area contributed by atoms with E-state index in [0.717, 1.165) is 12.0 Å². The van der Waals surface area contributed by atoms with Crippen LogP contribution in [0.2, 0.25) is 0 Å². The highest BCUT2D eigenvalue weighted by molar-refractivity contribution is 4.86. The second-order valence-electron chi connectivity index (χ2n) is 3.90. The minimum Gasteiger partial charge on any atom is -0.316 e. The highest BCUT2D eigenvalue weighted by Gasteiger charge is 2.29. The van der Waals surface area contributed by atoms with E-state index in [-0.39, 0.29) is 0 Å². The molecule has 2 fully saturated rings. The van der Waals surface area contributed by atoms with E-state index in [9.17, 15) is 0 Å². The van der Waals surface area contributed by atoms with E-state index in [0.29, 0.717) is 0 Å². The van der Waals surface area contributed by atoms with E-state index in [1.54, 1.807) is 0 Å². The Labute approximate surface area is 69.0 Å². The van der Waals surface area contributed by atoms with Crippen LogP contribution < -0.4 is 5.32 Å². The molecule has 64 valence electrons. The third-order valence-electron chi connectivity index (χ3n) is 3.21. The lowest BCUT2D eigenvalue weighted by Crippen LogP contribution is -2.52. The predicted molar refractivity (Wildman–Crippen MR) is 46.6 cm³/mol. The molecule has 1 N–H and O–H groups in total. The number of nitrogens with one attached hydrogen (secondary N) is 1. The van der Waals surface area contributed by atoms with Crippen molar-refractivity contribution in [1.82, 2.24) is 10.2 Å². The van der Waals surface area contributed by atoms with Crippen LogP contribution in [0, 0.1) is 5.92 Å². The topological polar surface area (TPSA) is 15.3 Å². The summed E-state index contributed by atoms with van der Waals surface area (Å²) in [6.07, 6.45) is 2.84. The lowest BCUT2D eigenvalue weighted by atomic mass is 9.94. The summed E-state index contributed by atoms with van der Waals surface area (Å²) in [5.74, 6) is 0.938. The third kappa shape index (κ3) is 1.42. The molecule has 11 heavy (non-hydrogen) atoms. The van der Waals surface area contributed by atoms with Gasteiger partial charge in [-0.15, -0.1) is 0 Å². The molecule has 0 aromatic heterocycles. The van der Waals surface area contributed by atoms with Gasteiger partial charge in [0.25, 0.3) is 0 Å². The average molecular weight is 154 g/mol. The standard InChI is InChI=1S/C9H18N2/c1-8(9-6-10-7-9)11-4-2-3-5-11/h8-10H,2-7H2,1H3. The van der Waals surface area contributed by atoms with E-state index in [1.807, 2.05) is 0 Å². The van der Waals surface area contributed by atoms with Gasteiger partial charge in [-0.25, -0.2) is 0 Å². The molecule has 0 aliphatic carbocycles. The zero-order chi connectivity index (χ0) is 7.68. The van der Waals surface area contributed by atoms with Gasteiger partial charge in [0.1, 0.15) is 0 Å². The van der Waals surface area contributed by atoms with Crippen LogP contribution in [0.5, 0.6) is 0 Å². The maximum atomic E-state index is 3.34. The van der Waals surface area contributed by atoms with E-state index in [1.165, 1.54) is 39.0 Å². The number of rotatable bonds is 2. The molecule has 2 aliphatic heterocycles. The zero-order valence-electron chi connectivity index (χ0n) is 7.34. The van der Waals surface area contributed by atoms with Crippen LogP contribution in [0.4, 0.5) is 0 Å². The molecule has 0 spiro atoms. The number of likely N-dealkylation sites (tertiary alicyclic amines) is 1. The smallest absolute Gasteiger partial charge is 0.0119 e. The van der Waals surface area contributed by atoms with Gasteiger partial charge in [0.15, 0.2) is 0 Å². The monoisotopic (exact) mass is 154 g/mol. The van der Waals surface area contributed by atoms with E-state index < -0.39 is 0 Å². The highest BCUT2D eigenvalue weighted by atomic mass is 15.2. The van der Waals surface area contributed by atoms with Gasteiger partial charge in [-0.05, 0) is 38.8 Å². The molecule has 1 atom stereocenters. The van der Waals surface area contributed by atoms with Crippen molar-refractivity contribution in [3.63, 3.8) is 0 Å². The summed E-state index contributed by atoms with van der Waals surface area (Å²) in [4.78, 5) is 2.64. The summed E-state index contributed by atoms with van der Waals surface area (Å²) < 4.78 is 0. The first kappa shape index (κ1) is 7.56. The van der Waals surface area contributed by atoms with E-state index in [2.05, 4.69) is 17.1 Å². The Morgan fingerprint density at radius 3 is 2.36 bits per heavy atom. The van der Waals surface area contributed by atoms with Crippen molar-refractivity contribution in [2.75, 3.05) is 26.2 Å². The first-order chi connectivity index (χ1) is 5.38. The molecular weight excluding hydrogens is 136 g/mol. The van der Waals surface area contributed by atoms with Crippen molar-refractivity contribution >= 4 is 0 Å². The molecule has 0 amide bonds. The van der Waals surface area contributed by atoms with E-state index >= 15 is 0 Å². The fraction of sp³-hybridized carbons (Fsp3) is 1.00. The number of hydrogen-bond acceptors (Lipinski definition) is 2. The second kappa shape index (κ2) is 3.11. The Bertz CT molecular complexity index is 126. The molecule has 2 heterocycles. The van der Waals surface area contributed by atoms with Crippen molar-refractivity contribution in [2.45, 2.75) is 25.8 Å². The Morgan fingerprint density at radius 1 is 1.27 bits per heavy atom. The minimum atomic E-state index is 0.832. The normalized spacial score (nSPS) is 30.3. The van der Waals surface area contributed by atoms with Gasteiger partial charge >= 0.3 is 0 Å². The van der Waals surface area contributed by atoms with Crippen LogP contribution >= 0.6 is 0 Å². The lowest BCUT2D eigenvalue weighted by Gasteiger charge is -2.37. The SMILES string of the molecule is CC(C1CNC1)N1CCCC1. The van der Waals surface area contributed by atoms with Crippen LogP contribution in [0.25, 0.3) is 0 Å². The highest BCUT2D eigenvalue weighted by Crippen LogP contribution is 2.19. The van der Waals surface area contributed by atoms with Crippen LogP contribution in [-0.4, -0.2) is 37.1 Å². The minimum absolute atomic E-state index is 0.832. The molecule has 0 aromatic rings. The Balaban J connectivity index is 1.82. The Morgan fingerprint density at radius 2 is 1.91 bits per heavy atom. The largest absolute Gasteiger partial charge is 0.316 e. The molecule has 2 aliphatic rings. The summed E-state index contributed by atoms with van der Waals surface area (Å²) in [5, 5.41) is 3.34. The fourth-order valence-electron chi connectivity index (χ4n) is 2.10. The van der Waals surface area contributed by atoms with Gasteiger partial charge in [-0.3, -0.25) is 0 Å². The summed E-state index contributed by atoms with van der Waals surface area (Å²) in [7, 11) is 0. The summed E-state index contributed by atoms with van der Waals surface area (Å²) in [5.41, 5.74) is 0. The van der Waals surface area contributed by atoms with Crippen LogP contribution in [0.3, 0.4) is 0 Å². The van der Waals surface area contributed by atoms with Crippen molar-refractivity contribution in [1.29, 1.82) is 0 Å². The first-order valence-electron chi connectivity index (χ1n) is 4.82. The Kier molecular flexibility index (Phi) is 2.14. The van der Waals surface area contributed by atoms with Crippen molar-refractivity contribution < 1.29 is 0 Å². The average Bonchev–Trinajstić information content (AvgIpc) is 2.32. The van der Waals surface area contributed by atoms with Gasteiger partial charge in [0.05, 0.1) is 0 Å². The number of hydrogen-bond donors (Lipinski definition) is 1. The maximum absolute atomic E-state index is 3.34. The predicted octanol–water partition coefficient (Wildman–Crippen LogP) is 0.690. The van der Waals surface area contributed by atoms with Crippen LogP contribution in [-0.2, 0) is 0 Å². The molecule has 1 unspecified atom stereocenters. The zero-order valence-corrected chi connectivity index (χ0v) is 7.34. The van der Waals surface area contributed by atoms with Crippen molar-refractivity contribution in [2.24, 2.45) is 5.92 Å². The quantitative estimate of drug-likeness (QED) is 0.629. The van der Waals surface area contributed by atoms with Gasteiger partial charge in [0.2, 0.25) is 0 Å². The van der Waals surface area contributed by atoms with Gasteiger partial charge in [0, 0.05) is 19.1 Å². The summed E-state index contributed by atoms with van der Waals surface area (Å²) >= 11 is 0. The summed E-state index contributed by atoms with van der Waals surface area (Å²) in [6.45, 7) is 7.57. The third-order valence-corrected chi connectivity index (χ3v) is 3.21. The fourth-order valence-corrected chi connectivity index (χ4v) is 2.10. The van der Waals surface area contributed by atoms with Gasteiger partial charge in [-0.2, -0.15) is 0 Å². The molecule has 2 saturated heterocycles. The molecule has 0 radical (unpaired) electrons. The van der Waals surface area contributed by atoms with Crippen LogP contribution in [0.1, 0.15) is 19.8 Å². The Hall–Kier alpha value is -0.0800. The molecule has 2 rings (SSSR count). The molecular formula is C9H18N2. The van der Waals surface area contributed by atoms with Crippen molar-refractivity contribution in [3.05, 3.63) is 0 Å². The van der Waals surface area contributed by atoms with Gasteiger partial charge in [-0.1, -0.05) is 0 Å². The second-order valence-corrected chi connectivity index (χ2v) is 3.90. The summed E-state index contributed by atoms with van der Waals surface area (Å²) in [6, 6.07) is 0.832. The number of nitrogens with zero attached hydrogens (tertiary/aromatic N) is 1. The molecule has 2 heteroatoms. The molecule has 0 saturated carbocycles. The maximum Gasteiger partial charge on any atom is 0.0119 e. The lowest BCUT2D eigenvalue weighted by molar-refractivity contribution is 0.148. The van der Waals surface area contributed by atoms with Crippen molar-refractivity contribution in [3.8, 4) is 0 Å².